The molecule has 17 nitrogen and oxygen atoms in total. The van der Waals surface area contributed by atoms with Crippen LogP contribution in [-0.4, -0.2) is 176 Å². The summed E-state index contributed by atoms with van der Waals surface area (Å²) in [6.07, 6.45) is -11.0. The van der Waals surface area contributed by atoms with Crippen molar-refractivity contribution < 1.29 is 83.9 Å². The molecule has 0 unspecified atom stereocenters. The Kier molecular flexibility index (Phi) is 12.2. The summed E-state index contributed by atoms with van der Waals surface area (Å²) < 4.78 is 50.7. The number of aliphatic hydroxyl groups is 9. The first-order chi connectivity index (χ1) is 29.6. The lowest BCUT2D eigenvalue weighted by Crippen LogP contribution is -2.67. The fraction of sp³-hybridized carbons (Fsp3) is 0.957. The number of aliphatic hydroxyl groups excluding tert-OH is 8. The molecule has 24 atom stereocenters. The minimum Gasteiger partial charge on any atom is -0.394 e. The molecule has 0 aromatic rings. The van der Waals surface area contributed by atoms with E-state index in [9.17, 15) is 46.0 Å². The average molecular weight is 899 g/mol. The van der Waals surface area contributed by atoms with Crippen molar-refractivity contribution in [1.29, 1.82) is 0 Å². The highest BCUT2D eigenvalue weighted by Crippen LogP contribution is 2.80. The van der Waals surface area contributed by atoms with Gasteiger partial charge in [-0.2, -0.15) is 0 Å². The number of fused-ring (bicyclic) bond motifs is 4. The molecular formula is C46H74O17. The van der Waals surface area contributed by atoms with Crippen molar-refractivity contribution in [2.75, 3.05) is 26.4 Å². The second-order valence-corrected chi connectivity index (χ2v) is 22.5. The molecule has 5 heterocycles. The van der Waals surface area contributed by atoms with Gasteiger partial charge in [0.25, 0.3) is 0 Å². The molecule has 2 bridgehead atoms. The molecule has 5 aliphatic heterocycles. The number of allylic oxidation sites excluding steroid dienone is 1. The number of ether oxygens (including phenoxy) is 8. The summed E-state index contributed by atoms with van der Waals surface area (Å²) in [5.74, 6) is -0.0237. The summed E-state index contributed by atoms with van der Waals surface area (Å²) >= 11 is 0. The number of rotatable bonds is 9. The maximum absolute atomic E-state index is 12.2. The van der Waals surface area contributed by atoms with Gasteiger partial charge in [-0.05, 0) is 93.3 Å². The van der Waals surface area contributed by atoms with Gasteiger partial charge < -0.3 is 83.9 Å². The molecule has 9 N–H and O–H groups in total. The van der Waals surface area contributed by atoms with Gasteiger partial charge in [-0.1, -0.05) is 39.3 Å². The van der Waals surface area contributed by atoms with Crippen LogP contribution in [0.25, 0.3) is 0 Å². The van der Waals surface area contributed by atoms with Gasteiger partial charge >= 0.3 is 0 Å². The van der Waals surface area contributed by atoms with Crippen molar-refractivity contribution in [2.24, 2.45) is 45.3 Å². The lowest BCUT2D eigenvalue weighted by atomic mass is 9.35. The van der Waals surface area contributed by atoms with Gasteiger partial charge in [-0.15, -0.1) is 0 Å². The lowest BCUT2D eigenvalue weighted by Gasteiger charge is -2.70. The average Bonchev–Trinajstić information content (AvgIpc) is 3.83. The molecule has 17 heteroatoms. The van der Waals surface area contributed by atoms with E-state index in [0.29, 0.717) is 25.4 Å². The predicted molar refractivity (Wildman–Crippen MR) is 219 cm³/mol. The molecule has 9 rings (SSSR count). The quantitative estimate of drug-likeness (QED) is 0.114. The minimum absolute atomic E-state index is 0.0626. The fourth-order valence-electron chi connectivity index (χ4n) is 15.6. The van der Waals surface area contributed by atoms with Gasteiger partial charge in [-0.3, -0.25) is 0 Å². The molecule has 9 aliphatic rings. The van der Waals surface area contributed by atoms with E-state index in [1.807, 2.05) is 6.92 Å². The third kappa shape index (κ3) is 7.11. The van der Waals surface area contributed by atoms with Gasteiger partial charge in [0.15, 0.2) is 24.7 Å². The molecule has 9 fully saturated rings. The van der Waals surface area contributed by atoms with E-state index >= 15 is 0 Å². The van der Waals surface area contributed by atoms with Crippen LogP contribution >= 0.6 is 0 Å². The van der Waals surface area contributed by atoms with E-state index in [4.69, 9.17) is 37.9 Å². The molecule has 0 aromatic carbocycles. The zero-order valence-corrected chi connectivity index (χ0v) is 37.8. The van der Waals surface area contributed by atoms with Gasteiger partial charge in [0, 0.05) is 24.2 Å². The Morgan fingerprint density at radius 2 is 1.35 bits per heavy atom. The monoisotopic (exact) mass is 898 g/mol. The van der Waals surface area contributed by atoms with E-state index in [0.717, 1.165) is 44.1 Å². The SMILES string of the molecule is CC(C)=C[C@@H]1C[C@](C)(O)[C@H]2[C@@H]3CC[C@@H]4[C@@]5(C)CC[C@H](O[C@H]6OC[C@H](O)[C@@H](O[C@H]7O[C@@H](CO)[C@H](O)[C@@H](O)[C@@H]7O)[C@@H]6O[C@H]6O[C@H](CO)[C@@H](O)[C@@H]6O)C(C)(C)[C@H]5CC[C@]4(C)[C@@]34CO[C@@]2(C4)O1. The third-order valence-corrected chi connectivity index (χ3v) is 18.4. The van der Waals surface area contributed by atoms with Crippen LogP contribution in [0.1, 0.15) is 99.8 Å². The first-order valence-electron chi connectivity index (χ1n) is 23.5. The third-order valence-electron chi connectivity index (χ3n) is 18.4. The van der Waals surface area contributed by atoms with Crippen LogP contribution in [0.2, 0.25) is 0 Å². The Morgan fingerprint density at radius 3 is 2.00 bits per heavy atom. The van der Waals surface area contributed by atoms with Crippen LogP contribution in [0.15, 0.2) is 11.6 Å². The second kappa shape index (κ2) is 16.4. The molecule has 5 saturated heterocycles. The van der Waals surface area contributed by atoms with Crippen LogP contribution in [-0.2, 0) is 37.9 Å². The predicted octanol–water partition coefficient (Wildman–Crippen LogP) is 0.606. The van der Waals surface area contributed by atoms with Crippen molar-refractivity contribution in [3.05, 3.63) is 11.6 Å². The van der Waals surface area contributed by atoms with Gasteiger partial charge in [0.2, 0.25) is 0 Å². The highest BCUT2D eigenvalue weighted by Gasteiger charge is 2.81. The van der Waals surface area contributed by atoms with E-state index in [1.54, 1.807) is 0 Å². The summed E-state index contributed by atoms with van der Waals surface area (Å²) in [6.45, 7) is 14.6. The van der Waals surface area contributed by atoms with Crippen LogP contribution in [0.3, 0.4) is 0 Å². The second-order valence-electron chi connectivity index (χ2n) is 22.5. The summed E-state index contributed by atoms with van der Waals surface area (Å²) in [6, 6.07) is 0. The van der Waals surface area contributed by atoms with Crippen molar-refractivity contribution >= 4 is 0 Å². The van der Waals surface area contributed by atoms with Crippen molar-refractivity contribution in [3.8, 4) is 0 Å². The normalized spacial score (nSPS) is 57.2. The summed E-state index contributed by atoms with van der Waals surface area (Å²) in [4.78, 5) is 0. The van der Waals surface area contributed by atoms with E-state index in [1.165, 1.54) is 0 Å². The Balaban J connectivity index is 0.969. The molecule has 0 aromatic heterocycles. The summed E-state index contributed by atoms with van der Waals surface area (Å²) in [5, 5.41) is 96.7. The van der Waals surface area contributed by atoms with Crippen molar-refractivity contribution in [1.82, 2.24) is 0 Å². The molecule has 4 saturated carbocycles. The maximum atomic E-state index is 12.2. The molecular weight excluding hydrogens is 824 g/mol. The van der Waals surface area contributed by atoms with E-state index in [2.05, 4.69) is 47.6 Å². The standard InChI is InChI=1S/C46H74O17/c1-21(2)14-22-15-44(7,55)37-23-8-9-28-42(5)12-11-29(41(3,4)27(42)10-13-43(28,6)45(23)19-46(37,63-22)57-20-45)60-40-36(62-38-33(53)31(51)26(17-48)59-38)35(24(49)18-56-40)61-39-34(54)32(52)30(50)25(16-47)58-39/h14,22-40,47-55H,8-13,15-20H2,1-7H3/t22-,23+,24+,25+,26-,27-,28-,29+,30+,31-,32-,33+,34+,35-,36+,37-,38-,39-,40-,42+,43+,44+,45+,46+/m1/s1. The maximum Gasteiger partial charge on any atom is 0.187 e. The molecule has 2 spiro atoms. The fourth-order valence-corrected chi connectivity index (χ4v) is 15.6. The highest BCUT2D eigenvalue weighted by atomic mass is 16.8. The molecule has 63 heavy (non-hydrogen) atoms. The van der Waals surface area contributed by atoms with Crippen LogP contribution < -0.4 is 0 Å². The first-order valence-corrected chi connectivity index (χ1v) is 23.5. The molecule has 0 amide bonds. The highest BCUT2D eigenvalue weighted by molar-refractivity contribution is 5.26. The molecule has 0 radical (unpaired) electrons. The topological polar surface area (TPSA) is 256 Å². The zero-order valence-electron chi connectivity index (χ0n) is 37.8. The van der Waals surface area contributed by atoms with Crippen LogP contribution in [0.4, 0.5) is 0 Å². The Morgan fingerprint density at radius 1 is 0.714 bits per heavy atom. The smallest absolute Gasteiger partial charge is 0.187 e. The lowest BCUT2D eigenvalue weighted by molar-refractivity contribution is -0.375. The Labute approximate surface area is 369 Å². The van der Waals surface area contributed by atoms with Crippen molar-refractivity contribution in [3.63, 3.8) is 0 Å². The number of hydrogen-bond acceptors (Lipinski definition) is 17. The Hall–Kier alpha value is -0.940. The van der Waals surface area contributed by atoms with Crippen LogP contribution in [0.5, 0.6) is 0 Å². The summed E-state index contributed by atoms with van der Waals surface area (Å²) in [5.41, 5.74) is -0.453. The number of hydrogen-bond donors (Lipinski definition) is 9. The molecule has 360 valence electrons. The summed E-state index contributed by atoms with van der Waals surface area (Å²) in [7, 11) is 0. The van der Waals surface area contributed by atoms with Gasteiger partial charge in [0.05, 0.1) is 44.2 Å². The van der Waals surface area contributed by atoms with Crippen LogP contribution in [0, 0.1) is 45.3 Å². The van der Waals surface area contributed by atoms with E-state index in [-0.39, 0.29) is 52.8 Å². The largest absolute Gasteiger partial charge is 0.394 e. The van der Waals surface area contributed by atoms with Crippen molar-refractivity contribution in [2.45, 2.75) is 203 Å². The van der Waals surface area contributed by atoms with Gasteiger partial charge in [0.1, 0.15) is 61.0 Å². The molecule has 4 aliphatic carbocycles. The first kappa shape index (κ1) is 47.1. The Bertz CT molecular complexity index is 1710. The zero-order chi connectivity index (χ0) is 45.4. The minimum atomic E-state index is -1.79. The van der Waals surface area contributed by atoms with E-state index < -0.39 is 110 Å². The van der Waals surface area contributed by atoms with Gasteiger partial charge in [-0.25, -0.2) is 0 Å².